The van der Waals surface area contributed by atoms with E-state index in [4.69, 9.17) is 10.5 Å². The number of amides is 1. The number of rotatable bonds is 3. The number of carbonyl (C=O) groups excluding carboxylic acids is 1. The molecule has 0 radical (unpaired) electrons. The molecule has 102 valence electrons. The summed E-state index contributed by atoms with van der Waals surface area (Å²) in [6.45, 7) is 1.87. The first-order chi connectivity index (χ1) is 9.64. The first-order valence-corrected chi connectivity index (χ1v) is 6.87. The Bertz CT molecular complexity index is 621. The maximum absolute atomic E-state index is 11.7. The van der Waals surface area contributed by atoms with Crippen LogP contribution in [0.15, 0.2) is 40.5 Å². The summed E-state index contributed by atoms with van der Waals surface area (Å²) >= 11 is 1.20. The molecule has 20 heavy (non-hydrogen) atoms. The fraction of sp³-hybridized carbons (Fsp3) is 0.231. The summed E-state index contributed by atoms with van der Waals surface area (Å²) in [5.74, 6) is -0.177. The number of nitrogens with two attached hydrogens (primary N) is 1. The van der Waals surface area contributed by atoms with Gasteiger partial charge in [0.1, 0.15) is 6.07 Å². The van der Waals surface area contributed by atoms with Crippen molar-refractivity contribution in [3.05, 3.63) is 35.9 Å². The second-order valence-corrected chi connectivity index (χ2v) is 5.12. The van der Waals surface area contributed by atoms with Crippen LogP contribution in [0.3, 0.4) is 0 Å². The quantitative estimate of drug-likeness (QED) is 0.905. The van der Waals surface area contributed by atoms with E-state index in [1.54, 1.807) is 24.3 Å². The number of benzene rings is 1. The van der Waals surface area contributed by atoms with Gasteiger partial charge < -0.3 is 10.5 Å². The van der Waals surface area contributed by atoms with E-state index in [0.29, 0.717) is 11.3 Å². The molecule has 0 bridgehead atoms. The standard InChI is InChI=1S/C13H12N4O2S/c1-2-20-12-13(8-14,11(15)18)19-10(16-17-12)9-6-4-3-5-7-9/h3-7H,2H2,1H3,(H2,15,18). The zero-order valence-corrected chi connectivity index (χ0v) is 11.6. The minimum atomic E-state index is -1.91. The van der Waals surface area contributed by atoms with E-state index in [0.717, 1.165) is 0 Å². The van der Waals surface area contributed by atoms with Gasteiger partial charge in [0.25, 0.3) is 5.91 Å². The lowest BCUT2D eigenvalue weighted by Gasteiger charge is -2.27. The number of carbonyl (C=O) groups is 1. The number of nitrogens with zero attached hydrogens (tertiary/aromatic N) is 3. The monoisotopic (exact) mass is 288 g/mol. The second kappa shape index (κ2) is 5.75. The Hall–Kier alpha value is -2.33. The highest BCUT2D eigenvalue weighted by Crippen LogP contribution is 2.27. The van der Waals surface area contributed by atoms with E-state index in [1.807, 2.05) is 19.1 Å². The molecule has 1 heterocycles. The molecule has 1 aliphatic heterocycles. The van der Waals surface area contributed by atoms with Gasteiger partial charge in [0.05, 0.1) is 0 Å². The van der Waals surface area contributed by atoms with Crippen molar-refractivity contribution in [2.45, 2.75) is 12.5 Å². The van der Waals surface area contributed by atoms with Gasteiger partial charge in [-0.25, -0.2) is 0 Å². The molecule has 6 nitrogen and oxygen atoms in total. The summed E-state index contributed by atoms with van der Waals surface area (Å²) in [5, 5.41) is 17.4. The third-order valence-electron chi connectivity index (χ3n) is 2.59. The Labute approximate surface area is 120 Å². The highest BCUT2D eigenvalue weighted by molar-refractivity contribution is 8.14. The molecule has 0 aliphatic carbocycles. The predicted octanol–water partition coefficient (Wildman–Crippen LogP) is 1.28. The molecule has 0 aromatic heterocycles. The van der Waals surface area contributed by atoms with Gasteiger partial charge in [-0.1, -0.05) is 25.1 Å². The number of hydrogen-bond acceptors (Lipinski definition) is 6. The van der Waals surface area contributed by atoms with Crippen molar-refractivity contribution in [1.29, 1.82) is 5.26 Å². The summed E-state index contributed by atoms with van der Waals surface area (Å²) in [6.07, 6.45) is 0. The van der Waals surface area contributed by atoms with Crippen LogP contribution < -0.4 is 5.73 Å². The Kier molecular flexibility index (Phi) is 4.05. The number of ether oxygens (including phenoxy) is 1. The molecule has 7 heteroatoms. The molecule has 1 atom stereocenters. The molecular weight excluding hydrogens is 276 g/mol. The maximum Gasteiger partial charge on any atom is 0.322 e. The van der Waals surface area contributed by atoms with Gasteiger partial charge in [-0.15, -0.1) is 22.0 Å². The molecule has 0 saturated carbocycles. The number of primary amides is 1. The van der Waals surface area contributed by atoms with Crippen molar-refractivity contribution in [3.63, 3.8) is 0 Å². The topological polar surface area (TPSA) is 101 Å². The van der Waals surface area contributed by atoms with Crippen LogP contribution in [0, 0.1) is 11.3 Å². The third kappa shape index (κ3) is 2.38. The zero-order valence-electron chi connectivity index (χ0n) is 10.7. The molecule has 1 amide bonds. The Morgan fingerprint density at radius 1 is 1.45 bits per heavy atom. The normalized spacial score (nSPS) is 21.2. The van der Waals surface area contributed by atoms with Gasteiger partial charge in [-0.05, 0) is 17.9 Å². The van der Waals surface area contributed by atoms with Gasteiger partial charge in [-0.3, -0.25) is 4.79 Å². The minimum Gasteiger partial charge on any atom is -0.438 e. The summed E-state index contributed by atoms with van der Waals surface area (Å²) in [4.78, 5) is 11.7. The average molecular weight is 288 g/mol. The first-order valence-electron chi connectivity index (χ1n) is 5.88. The van der Waals surface area contributed by atoms with Crippen LogP contribution in [0.4, 0.5) is 0 Å². The van der Waals surface area contributed by atoms with Gasteiger partial charge in [-0.2, -0.15) is 5.26 Å². The van der Waals surface area contributed by atoms with E-state index < -0.39 is 11.5 Å². The van der Waals surface area contributed by atoms with E-state index in [1.165, 1.54) is 11.8 Å². The van der Waals surface area contributed by atoms with Gasteiger partial charge >= 0.3 is 5.60 Å². The number of nitriles is 1. The summed E-state index contributed by atoms with van der Waals surface area (Å²) < 4.78 is 5.50. The summed E-state index contributed by atoms with van der Waals surface area (Å²) in [7, 11) is 0. The van der Waals surface area contributed by atoms with Crippen molar-refractivity contribution >= 4 is 28.6 Å². The van der Waals surface area contributed by atoms with Crippen molar-refractivity contribution < 1.29 is 9.53 Å². The minimum absolute atomic E-state index is 0.103. The van der Waals surface area contributed by atoms with E-state index in [2.05, 4.69) is 10.2 Å². The molecule has 2 rings (SSSR count). The SMILES string of the molecule is CCSC1=NN=C(c2ccccc2)OC1(C#N)C(N)=O. The van der Waals surface area contributed by atoms with Crippen molar-refractivity contribution in [2.75, 3.05) is 5.75 Å². The van der Waals surface area contributed by atoms with Gasteiger partial charge in [0.15, 0.2) is 5.04 Å². The molecule has 0 fully saturated rings. The molecule has 1 unspecified atom stereocenters. The van der Waals surface area contributed by atoms with E-state index >= 15 is 0 Å². The lowest BCUT2D eigenvalue weighted by Crippen LogP contribution is -2.53. The molecule has 0 spiro atoms. The van der Waals surface area contributed by atoms with E-state index in [-0.39, 0.29) is 10.9 Å². The Morgan fingerprint density at radius 2 is 2.15 bits per heavy atom. The fourth-order valence-corrected chi connectivity index (χ4v) is 2.38. The number of hydrogen-bond donors (Lipinski definition) is 1. The Morgan fingerprint density at radius 3 is 2.70 bits per heavy atom. The summed E-state index contributed by atoms with van der Waals surface area (Å²) in [5.41, 5.74) is 4.05. The van der Waals surface area contributed by atoms with Crippen LogP contribution in [-0.4, -0.2) is 28.2 Å². The molecule has 1 aliphatic rings. The van der Waals surface area contributed by atoms with Gasteiger partial charge in [0.2, 0.25) is 5.90 Å². The molecule has 2 N–H and O–H groups in total. The molecule has 0 saturated heterocycles. The van der Waals surface area contributed by atoms with Crippen LogP contribution in [0.25, 0.3) is 0 Å². The third-order valence-corrected chi connectivity index (χ3v) is 3.52. The lowest BCUT2D eigenvalue weighted by atomic mass is 10.1. The highest BCUT2D eigenvalue weighted by Gasteiger charge is 2.49. The van der Waals surface area contributed by atoms with Crippen molar-refractivity contribution in [1.82, 2.24) is 0 Å². The molecular formula is C13H12N4O2S. The van der Waals surface area contributed by atoms with Crippen LogP contribution in [0.5, 0.6) is 0 Å². The van der Waals surface area contributed by atoms with Crippen LogP contribution in [-0.2, 0) is 9.53 Å². The highest BCUT2D eigenvalue weighted by atomic mass is 32.2. The van der Waals surface area contributed by atoms with E-state index in [9.17, 15) is 10.1 Å². The second-order valence-electron chi connectivity index (χ2n) is 3.87. The fourth-order valence-electron chi connectivity index (χ4n) is 1.62. The van der Waals surface area contributed by atoms with Crippen molar-refractivity contribution in [2.24, 2.45) is 15.9 Å². The zero-order chi connectivity index (χ0) is 14.6. The average Bonchev–Trinajstić information content (AvgIpc) is 2.48. The predicted molar refractivity (Wildman–Crippen MR) is 77.2 cm³/mol. The summed E-state index contributed by atoms with van der Waals surface area (Å²) in [6, 6.07) is 10.7. The lowest BCUT2D eigenvalue weighted by molar-refractivity contribution is -0.125. The maximum atomic E-state index is 11.7. The van der Waals surface area contributed by atoms with Gasteiger partial charge in [0, 0.05) is 5.56 Å². The Balaban J connectivity index is 2.47. The largest absolute Gasteiger partial charge is 0.438 e. The number of thioether (sulfide) groups is 1. The molecule has 1 aromatic rings. The van der Waals surface area contributed by atoms with Crippen LogP contribution in [0.2, 0.25) is 0 Å². The van der Waals surface area contributed by atoms with Crippen LogP contribution >= 0.6 is 11.8 Å². The van der Waals surface area contributed by atoms with Crippen molar-refractivity contribution in [3.8, 4) is 6.07 Å². The molecule has 1 aromatic carbocycles. The van der Waals surface area contributed by atoms with Crippen LogP contribution in [0.1, 0.15) is 12.5 Å². The smallest absolute Gasteiger partial charge is 0.322 e. The first kappa shape index (κ1) is 14.1.